The summed E-state index contributed by atoms with van der Waals surface area (Å²) in [7, 11) is -6.20. The van der Waals surface area contributed by atoms with E-state index in [-0.39, 0.29) is 40.6 Å². The van der Waals surface area contributed by atoms with Crippen LogP contribution in [0.2, 0.25) is 0 Å². The number of hydrogen-bond acceptors (Lipinski definition) is 0. The molecule has 0 radical (unpaired) electrons. The first-order chi connectivity index (χ1) is 45.2. The van der Waals surface area contributed by atoms with Crippen LogP contribution in [0.3, 0.4) is 0 Å². The highest BCUT2D eigenvalue weighted by Gasteiger charge is 2.56. The third-order valence-electron chi connectivity index (χ3n) is 19.6. The van der Waals surface area contributed by atoms with Crippen molar-refractivity contribution < 1.29 is 6.85 Å². The van der Waals surface area contributed by atoms with E-state index in [1.165, 1.54) is 63.7 Å². The minimum atomic E-state index is -3.23. The van der Waals surface area contributed by atoms with Crippen LogP contribution >= 0.6 is 0 Å². The molecule has 2 aromatic heterocycles. The molecule has 13 aromatic carbocycles. The van der Waals surface area contributed by atoms with Crippen LogP contribution in [0.15, 0.2) is 327 Å². The third kappa shape index (κ3) is 8.05. The molecule has 0 bridgehead atoms. The predicted molar refractivity (Wildman–Crippen MR) is 378 cm³/mol. The van der Waals surface area contributed by atoms with Crippen molar-refractivity contribution >= 4 is 101 Å². The van der Waals surface area contributed by atoms with Crippen molar-refractivity contribution in [2.75, 3.05) is 0 Å². The lowest BCUT2D eigenvalue weighted by atomic mass is 9.77. The first kappa shape index (κ1) is 48.1. The molecular formula is C84H66N2Si2. The summed E-state index contributed by atoms with van der Waals surface area (Å²) in [5.74, 6) is 0. The molecule has 88 heavy (non-hydrogen) atoms. The first-order valence-corrected chi connectivity index (χ1v) is 34.6. The van der Waals surface area contributed by atoms with Crippen LogP contribution in [-0.2, 0) is 10.8 Å². The van der Waals surface area contributed by atoms with Crippen molar-refractivity contribution in [3.8, 4) is 22.5 Å². The Hall–Kier alpha value is -10.1. The molecule has 420 valence electrons. The number of benzene rings is 13. The summed E-state index contributed by atoms with van der Waals surface area (Å²) in [6.45, 7) is 9.24. The summed E-state index contributed by atoms with van der Waals surface area (Å²) in [4.78, 5) is 0. The molecule has 0 saturated carbocycles. The van der Waals surface area contributed by atoms with Crippen LogP contribution in [-0.4, -0.2) is 25.3 Å². The topological polar surface area (TPSA) is 9.86 Å². The largest absolute Gasteiger partial charge is 0.309 e. The number of hydrogen-bond donors (Lipinski definition) is 0. The Balaban J connectivity index is 0.959. The maximum Gasteiger partial charge on any atom is 0.179 e. The van der Waals surface area contributed by atoms with Crippen LogP contribution < -0.4 is 41.5 Å². The zero-order valence-electron chi connectivity index (χ0n) is 54.7. The van der Waals surface area contributed by atoms with Gasteiger partial charge in [0.2, 0.25) is 0 Å². The maximum absolute atomic E-state index is 9.23. The fourth-order valence-electron chi connectivity index (χ4n) is 15.2. The van der Waals surface area contributed by atoms with Gasteiger partial charge in [0.15, 0.2) is 16.1 Å². The minimum absolute atomic E-state index is 0.170. The van der Waals surface area contributed by atoms with Gasteiger partial charge in [-0.05, 0) is 142 Å². The molecule has 0 amide bonds. The van der Waals surface area contributed by atoms with Crippen molar-refractivity contribution in [1.82, 2.24) is 9.13 Å². The van der Waals surface area contributed by atoms with Gasteiger partial charge in [-0.1, -0.05) is 288 Å². The first-order valence-electron chi connectivity index (χ1n) is 33.1. The van der Waals surface area contributed by atoms with Crippen LogP contribution in [0.5, 0.6) is 0 Å². The summed E-state index contributed by atoms with van der Waals surface area (Å²) >= 11 is 0. The predicted octanol–water partition coefficient (Wildman–Crippen LogP) is 15.3. The van der Waals surface area contributed by atoms with Gasteiger partial charge in [0.1, 0.15) is 0 Å². The molecular weight excluding hydrogens is 1090 g/mol. The second kappa shape index (κ2) is 20.8. The Kier molecular flexibility index (Phi) is 11.4. The van der Waals surface area contributed by atoms with Crippen molar-refractivity contribution in [2.24, 2.45) is 0 Å². The molecule has 1 aliphatic rings. The molecule has 16 rings (SSSR count). The SMILES string of the molecule is [2H]c1c([2H])c([2H])c(-c2ccc3c(c2)c2cc(-n4c5ccc(C(C)(C)c6ccccc6)cc5c5cc(C(C)(C)c6ccccc6)ccc54)ccc2n3-c2cccc([Si]3(c4ccccc4)c4ccccc4[Si](c4ccccc4)(c4ccccc4)c4ccccc43)c2)c([2H])c1[2H]. The van der Waals surface area contributed by atoms with Gasteiger partial charge in [0.05, 0.1) is 28.9 Å². The van der Waals surface area contributed by atoms with E-state index in [4.69, 9.17) is 4.11 Å². The molecule has 0 atom stereocenters. The zero-order chi connectivity index (χ0) is 63.5. The molecule has 1 aliphatic heterocycles. The van der Waals surface area contributed by atoms with E-state index < -0.39 is 22.2 Å². The molecule has 3 heterocycles. The van der Waals surface area contributed by atoms with E-state index in [0.717, 1.165) is 55.0 Å². The molecule has 0 aliphatic carbocycles. The van der Waals surface area contributed by atoms with E-state index in [2.05, 4.69) is 322 Å². The summed E-state index contributed by atoms with van der Waals surface area (Å²) < 4.78 is 49.4. The highest BCUT2D eigenvalue weighted by molar-refractivity contribution is 7.32. The minimum Gasteiger partial charge on any atom is -0.309 e. The Morgan fingerprint density at radius 1 is 0.273 bits per heavy atom. The summed E-state index contributed by atoms with van der Waals surface area (Å²) in [6.07, 6.45) is 0. The Labute approximate surface area is 525 Å². The molecule has 0 unspecified atom stereocenters. The molecule has 0 spiro atoms. The van der Waals surface area contributed by atoms with E-state index >= 15 is 0 Å². The van der Waals surface area contributed by atoms with Gasteiger partial charge in [-0.2, -0.15) is 0 Å². The van der Waals surface area contributed by atoms with Crippen LogP contribution in [0, 0.1) is 0 Å². The van der Waals surface area contributed by atoms with E-state index in [1.807, 2.05) is 12.1 Å². The van der Waals surface area contributed by atoms with Gasteiger partial charge in [0, 0.05) is 43.7 Å². The Morgan fingerprint density at radius 2 is 0.625 bits per heavy atom. The van der Waals surface area contributed by atoms with E-state index in [1.54, 1.807) is 0 Å². The summed E-state index contributed by atoms with van der Waals surface area (Å²) in [5, 5.41) is 15.0. The molecule has 0 N–H and O–H groups in total. The third-order valence-corrected chi connectivity index (χ3v) is 29.9. The second-order valence-corrected chi connectivity index (χ2v) is 32.3. The monoisotopic (exact) mass is 1160 g/mol. The molecule has 15 aromatic rings. The highest BCUT2D eigenvalue weighted by Crippen LogP contribution is 2.43. The van der Waals surface area contributed by atoms with Crippen LogP contribution in [0.4, 0.5) is 0 Å². The van der Waals surface area contributed by atoms with E-state index in [0.29, 0.717) is 5.56 Å². The quantitative estimate of drug-likeness (QED) is 0.114. The zero-order valence-corrected chi connectivity index (χ0v) is 51.7. The number of nitrogens with zero attached hydrogens (tertiary/aromatic N) is 2. The van der Waals surface area contributed by atoms with Crippen molar-refractivity contribution in [2.45, 2.75) is 38.5 Å². The van der Waals surface area contributed by atoms with Crippen molar-refractivity contribution in [1.29, 1.82) is 0 Å². The second-order valence-electron chi connectivity index (χ2n) is 24.8. The summed E-state index contributed by atoms with van der Waals surface area (Å²) in [5.41, 5.74) is 11.1. The number of aromatic nitrogens is 2. The van der Waals surface area contributed by atoms with Gasteiger partial charge in [0.25, 0.3) is 0 Å². The van der Waals surface area contributed by atoms with Crippen molar-refractivity contribution in [3.05, 3.63) is 350 Å². The maximum atomic E-state index is 9.23. The molecule has 4 heteroatoms. The average Bonchev–Trinajstić information content (AvgIpc) is 1.56. The van der Waals surface area contributed by atoms with Crippen molar-refractivity contribution in [3.63, 3.8) is 0 Å². The van der Waals surface area contributed by atoms with Crippen LogP contribution in [0.1, 0.15) is 56.8 Å². The number of rotatable bonds is 11. The molecule has 2 nitrogen and oxygen atoms in total. The Bertz CT molecular complexity index is 5230. The standard InChI is InChI=1S/C84H66N2Si2/c1-83(2,61-30-13-6-14-31-61)63-47-51-76-72(55-63)73-56-64(84(3,4)62-32-15-7-16-33-62)48-52-77(73)86(76)66-49-53-78-74(58-66)71-54-60(59-28-11-5-12-29-59)46-50-75(71)85(78)65-34-27-41-70(57-65)88(69-39-21-10-22-40-69)81-44-25-23-42-79(81)87(67-35-17-8-18-36-67,68-37-19-9-20-38-68)80-43-24-26-45-82(80)88/h5-58H,1-4H3/i5D,11D,12D,28D,29D. The van der Waals surface area contributed by atoms with Crippen LogP contribution in [0.25, 0.3) is 66.1 Å². The van der Waals surface area contributed by atoms with Gasteiger partial charge < -0.3 is 9.13 Å². The van der Waals surface area contributed by atoms with Gasteiger partial charge >= 0.3 is 0 Å². The fourth-order valence-corrected chi connectivity index (χ4v) is 27.3. The smallest absolute Gasteiger partial charge is 0.179 e. The normalized spacial score (nSPS) is 14.4. The number of fused-ring (bicyclic) bond motifs is 8. The highest BCUT2D eigenvalue weighted by atomic mass is 28.3. The lowest BCUT2D eigenvalue weighted by Gasteiger charge is -2.48. The fraction of sp³-hybridized carbons (Fsp3) is 0.0714. The Morgan fingerprint density at radius 3 is 1.08 bits per heavy atom. The average molecular weight is 1160 g/mol. The molecule has 0 saturated heterocycles. The lowest BCUT2D eigenvalue weighted by molar-refractivity contribution is 0.641. The van der Waals surface area contributed by atoms with E-state index in [9.17, 15) is 2.74 Å². The van der Waals surface area contributed by atoms with Gasteiger partial charge in [-0.3, -0.25) is 0 Å². The van der Waals surface area contributed by atoms with Gasteiger partial charge in [-0.25, -0.2) is 0 Å². The molecule has 0 fully saturated rings. The lowest BCUT2D eigenvalue weighted by Crippen LogP contribution is -2.93. The van der Waals surface area contributed by atoms with Gasteiger partial charge in [-0.15, -0.1) is 0 Å². The summed E-state index contributed by atoms with van der Waals surface area (Å²) in [6, 6.07) is 109.